The van der Waals surface area contributed by atoms with Crippen LogP contribution in [0.1, 0.15) is 40.5 Å². The molecule has 0 radical (unpaired) electrons. The second kappa shape index (κ2) is 6.08. The molecule has 0 saturated carbocycles. The van der Waals surface area contributed by atoms with Gasteiger partial charge in [-0.3, -0.25) is 13.9 Å². The number of nitrogens with two attached hydrogens (primary N) is 1. The van der Waals surface area contributed by atoms with Gasteiger partial charge in [0.2, 0.25) is 0 Å². The van der Waals surface area contributed by atoms with Gasteiger partial charge in [-0.1, -0.05) is 13.3 Å². The monoisotopic (exact) mass is 307 g/mol. The third kappa shape index (κ3) is 2.99. The van der Waals surface area contributed by atoms with Crippen molar-refractivity contribution in [3.63, 3.8) is 0 Å². The highest BCUT2D eigenvalue weighted by atomic mass is 16.2. The Morgan fingerprint density at radius 1 is 1.23 bits per heavy atom. The van der Waals surface area contributed by atoms with E-state index in [9.17, 15) is 9.59 Å². The average Bonchev–Trinajstić information content (AvgIpc) is 2.86. The van der Waals surface area contributed by atoms with Gasteiger partial charge in [-0.05, 0) is 27.2 Å². The molecule has 0 aliphatic carbocycles. The zero-order valence-electron chi connectivity index (χ0n) is 13.8. The molecule has 0 fully saturated rings. The van der Waals surface area contributed by atoms with E-state index in [-0.39, 0.29) is 17.8 Å². The summed E-state index contributed by atoms with van der Waals surface area (Å²) in [5.41, 5.74) is 5.67. The van der Waals surface area contributed by atoms with Crippen molar-refractivity contribution in [1.82, 2.24) is 18.7 Å². The van der Waals surface area contributed by atoms with E-state index in [0.29, 0.717) is 24.3 Å². The zero-order chi connectivity index (χ0) is 16.5. The topological polar surface area (TPSA) is 87.8 Å². The summed E-state index contributed by atoms with van der Waals surface area (Å²) in [6, 6.07) is 0. The Hall–Kier alpha value is -1.89. The van der Waals surface area contributed by atoms with E-state index >= 15 is 0 Å². The molecular formula is C15H25N5O2. The summed E-state index contributed by atoms with van der Waals surface area (Å²) in [6.45, 7) is 8.97. The van der Waals surface area contributed by atoms with Crippen LogP contribution in [-0.2, 0) is 19.6 Å². The Balaban J connectivity index is 2.78. The van der Waals surface area contributed by atoms with Crippen LogP contribution in [-0.4, -0.2) is 24.2 Å². The first kappa shape index (κ1) is 16.5. The van der Waals surface area contributed by atoms with E-state index in [0.717, 1.165) is 12.8 Å². The molecule has 22 heavy (non-hydrogen) atoms. The van der Waals surface area contributed by atoms with Crippen LogP contribution in [0.25, 0.3) is 11.2 Å². The number of hydrogen-bond donors (Lipinski definition) is 1. The second-order valence-electron chi connectivity index (χ2n) is 6.37. The molecule has 0 spiro atoms. The van der Waals surface area contributed by atoms with Crippen LogP contribution in [0.2, 0.25) is 0 Å². The molecule has 2 N–H and O–H groups in total. The number of fused-ring (bicyclic) bond motifs is 1. The third-order valence-corrected chi connectivity index (χ3v) is 3.63. The quantitative estimate of drug-likeness (QED) is 0.859. The SMILES string of the molecule is CCCCn1c(=O)n(CC(C)(C)N)c(=O)c2c1ncn2CC. The Bertz CT molecular complexity index is 776. The van der Waals surface area contributed by atoms with Crippen LogP contribution >= 0.6 is 0 Å². The first-order valence-corrected chi connectivity index (χ1v) is 7.77. The number of imidazole rings is 1. The molecule has 0 amide bonds. The van der Waals surface area contributed by atoms with Crippen LogP contribution in [0.4, 0.5) is 0 Å². The van der Waals surface area contributed by atoms with Crippen molar-refractivity contribution < 1.29 is 0 Å². The molecule has 0 aliphatic rings. The van der Waals surface area contributed by atoms with Crippen LogP contribution in [0.15, 0.2) is 15.9 Å². The predicted molar refractivity (Wildman–Crippen MR) is 87.1 cm³/mol. The second-order valence-corrected chi connectivity index (χ2v) is 6.37. The lowest BCUT2D eigenvalue weighted by molar-refractivity contribution is 0.406. The Morgan fingerprint density at radius 3 is 2.45 bits per heavy atom. The molecule has 2 rings (SSSR count). The molecule has 122 valence electrons. The molecule has 7 nitrogen and oxygen atoms in total. The van der Waals surface area contributed by atoms with Crippen molar-refractivity contribution in [3.05, 3.63) is 27.2 Å². The lowest BCUT2D eigenvalue weighted by Crippen LogP contribution is -2.48. The number of hydrogen-bond acceptors (Lipinski definition) is 4. The van der Waals surface area contributed by atoms with Gasteiger partial charge in [-0.25, -0.2) is 9.78 Å². The highest BCUT2D eigenvalue weighted by Gasteiger charge is 2.21. The van der Waals surface area contributed by atoms with Crippen LogP contribution in [0, 0.1) is 0 Å². The number of aromatic nitrogens is 4. The fourth-order valence-electron chi connectivity index (χ4n) is 2.54. The standard InChI is InChI=1S/C15H25N5O2/c1-5-7-8-19-12-11(18(6-2)10-17-12)13(21)20(14(19)22)9-15(3,4)16/h10H,5-9,16H2,1-4H3. The summed E-state index contributed by atoms with van der Waals surface area (Å²) in [5.74, 6) is 0. The van der Waals surface area contributed by atoms with Gasteiger partial charge in [0.25, 0.3) is 5.56 Å². The molecule has 0 aromatic carbocycles. The van der Waals surface area contributed by atoms with E-state index < -0.39 is 5.54 Å². The van der Waals surface area contributed by atoms with Crippen molar-refractivity contribution in [2.75, 3.05) is 0 Å². The highest BCUT2D eigenvalue weighted by molar-refractivity contribution is 5.70. The molecule has 2 aromatic heterocycles. The molecule has 0 aliphatic heterocycles. The van der Waals surface area contributed by atoms with Gasteiger partial charge in [-0.2, -0.15) is 0 Å². The van der Waals surface area contributed by atoms with Crippen molar-refractivity contribution in [2.24, 2.45) is 5.73 Å². The molecule has 0 unspecified atom stereocenters. The smallest absolute Gasteiger partial charge is 0.325 e. The molecule has 7 heteroatoms. The van der Waals surface area contributed by atoms with Crippen molar-refractivity contribution in [3.8, 4) is 0 Å². The Labute approximate surface area is 129 Å². The van der Waals surface area contributed by atoms with E-state index in [1.165, 1.54) is 4.57 Å². The summed E-state index contributed by atoms with van der Waals surface area (Å²) in [4.78, 5) is 29.7. The molecular weight excluding hydrogens is 282 g/mol. The lowest BCUT2D eigenvalue weighted by atomic mass is 10.1. The number of nitrogens with zero attached hydrogens (tertiary/aromatic N) is 4. The molecule has 0 saturated heterocycles. The van der Waals surface area contributed by atoms with Crippen molar-refractivity contribution in [1.29, 1.82) is 0 Å². The fraction of sp³-hybridized carbons (Fsp3) is 0.667. The maximum absolute atomic E-state index is 12.7. The zero-order valence-corrected chi connectivity index (χ0v) is 13.8. The summed E-state index contributed by atoms with van der Waals surface area (Å²) in [5, 5.41) is 0. The minimum absolute atomic E-state index is 0.182. The van der Waals surface area contributed by atoms with Crippen LogP contribution in [0.5, 0.6) is 0 Å². The number of unbranched alkanes of at least 4 members (excludes halogenated alkanes) is 1. The average molecular weight is 307 g/mol. The van der Waals surface area contributed by atoms with Crippen molar-refractivity contribution in [2.45, 2.75) is 65.7 Å². The van der Waals surface area contributed by atoms with E-state index in [4.69, 9.17) is 5.73 Å². The normalized spacial score (nSPS) is 12.2. The minimum atomic E-state index is -0.643. The first-order chi connectivity index (χ1) is 10.3. The van der Waals surface area contributed by atoms with Gasteiger partial charge >= 0.3 is 5.69 Å². The van der Waals surface area contributed by atoms with E-state index in [1.54, 1.807) is 29.3 Å². The minimum Gasteiger partial charge on any atom is -0.325 e. The summed E-state index contributed by atoms with van der Waals surface area (Å²) >= 11 is 0. The maximum Gasteiger partial charge on any atom is 0.332 e. The number of rotatable bonds is 6. The van der Waals surface area contributed by atoms with Crippen molar-refractivity contribution >= 4 is 11.2 Å². The maximum atomic E-state index is 12.7. The fourth-order valence-corrected chi connectivity index (χ4v) is 2.54. The first-order valence-electron chi connectivity index (χ1n) is 7.77. The summed E-state index contributed by atoms with van der Waals surface area (Å²) < 4.78 is 4.61. The molecule has 0 atom stereocenters. The molecule has 2 aromatic rings. The Kier molecular flexibility index (Phi) is 4.55. The van der Waals surface area contributed by atoms with Crippen LogP contribution < -0.4 is 17.0 Å². The highest BCUT2D eigenvalue weighted by Crippen LogP contribution is 2.09. The van der Waals surface area contributed by atoms with Gasteiger partial charge in [0.1, 0.15) is 0 Å². The molecule has 0 bridgehead atoms. The van der Waals surface area contributed by atoms with Crippen LogP contribution in [0.3, 0.4) is 0 Å². The largest absolute Gasteiger partial charge is 0.332 e. The predicted octanol–water partition coefficient (Wildman–Crippen LogP) is 0.917. The van der Waals surface area contributed by atoms with E-state index in [1.807, 2.05) is 6.92 Å². The molecule has 2 heterocycles. The Morgan fingerprint density at radius 2 is 1.91 bits per heavy atom. The van der Waals surface area contributed by atoms with Gasteiger partial charge < -0.3 is 10.3 Å². The van der Waals surface area contributed by atoms with Gasteiger partial charge in [0.05, 0.1) is 6.33 Å². The third-order valence-electron chi connectivity index (χ3n) is 3.63. The number of aryl methyl sites for hydroxylation is 2. The summed E-state index contributed by atoms with van der Waals surface area (Å²) in [7, 11) is 0. The van der Waals surface area contributed by atoms with Gasteiger partial charge in [-0.15, -0.1) is 0 Å². The summed E-state index contributed by atoms with van der Waals surface area (Å²) in [6.07, 6.45) is 3.44. The van der Waals surface area contributed by atoms with Gasteiger partial charge in [0, 0.05) is 25.2 Å². The van der Waals surface area contributed by atoms with Gasteiger partial charge in [0.15, 0.2) is 11.2 Å². The lowest BCUT2D eigenvalue weighted by Gasteiger charge is -2.20. The van der Waals surface area contributed by atoms with E-state index in [2.05, 4.69) is 11.9 Å².